The SMILES string of the molecule is Cc1ccc(C(=O)NCC2CCCN2)cc1[N+](=O)[O-]. The Hall–Kier alpha value is -1.95. The molecule has 0 spiro atoms. The van der Waals surface area contributed by atoms with Crippen LogP contribution in [-0.2, 0) is 0 Å². The normalized spacial score (nSPS) is 18.3. The van der Waals surface area contributed by atoms with Crippen LogP contribution in [0.3, 0.4) is 0 Å². The Morgan fingerprint density at radius 1 is 1.58 bits per heavy atom. The fraction of sp³-hybridized carbons (Fsp3) is 0.462. The average Bonchev–Trinajstić information content (AvgIpc) is 2.89. The van der Waals surface area contributed by atoms with Gasteiger partial charge in [-0.15, -0.1) is 0 Å². The highest BCUT2D eigenvalue weighted by molar-refractivity contribution is 5.95. The quantitative estimate of drug-likeness (QED) is 0.635. The summed E-state index contributed by atoms with van der Waals surface area (Å²) in [4.78, 5) is 22.3. The molecule has 1 amide bonds. The van der Waals surface area contributed by atoms with Gasteiger partial charge in [-0.1, -0.05) is 6.07 Å². The van der Waals surface area contributed by atoms with Crippen LogP contribution < -0.4 is 10.6 Å². The largest absolute Gasteiger partial charge is 0.350 e. The summed E-state index contributed by atoms with van der Waals surface area (Å²) in [7, 11) is 0. The number of nitro groups is 1. The first-order valence-electron chi connectivity index (χ1n) is 6.34. The molecule has 1 aliphatic rings. The number of rotatable bonds is 4. The second kappa shape index (κ2) is 5.79. The number of aryl methyl sites for hydroxylation is 1. The molecule has 19 heavy (non-hydrogen) atoms. The Kier molecular flexibility index (Phi) is 4.11. The molecular weight excluding hydrogens is 246 g/mol. The van der Waals surface area contributed by atoms with Gasteiger partial charge in [0.2, 0.25) is 0 Å². The molecular formula is C13H17N3O3. The molecule has 6 nitrogen and oxygen atoms in total. The van der Waals surface area contributed by atoms with Gasteiger partial charge in [-0.2, -0.15) is 0 Å². The van der Waals surface area contributed by atoms with Crippen LogP contribution >= 0.6 is 0 Å². The van der Waals surface area contributed by atoms with Crippen molar-refractivity contribution in [2.24, 2.45) is 0 Å². The summed E-state index contributed by atoms with van der Waals surface area (Å²) in [6, 6.07) is 4.84. The maximum atomic E-state index is 11.9. The first kappa shape index (κ1) is 13.5. The second-order valence-corrected chi connectivity index (χ2v) is 4.76. The van der Waals surface area contributed by atoms with Crippen LogP contribution in [0.5, 0.6) is 0 Å². The molecule has 1 aromatic carbocycles. The molecule has 0 saturated carbocycles. The zero-order valence-electron chi connectivity index (χ0n) is 10.8. The molecule has 0 radical (unpaired) electrons. The van der Waals surface area contributed by atoms with Gasteiger partial charge in [0.25, 0.3) is 11.6 Å². The van der Waals surface area contributed by atoms with Crippen LogP contribution in [0.2, 0.25) is 0 Å². The first-order chi connectivity index (χ1) is 9.08. The van der Waals surface area contributed by atoms with E-state index in [1.54, 1.807) is 19.1 Å². The van der Waals surface area contributed by atoms with Gasteiger partial charge in [-0.05, 0) is 32.4 Å². The molecule has 2 rings (SSSR count). The minimum atomic E-state index is -0.468. The molecule has 1 fully saturated rings. The lowest BCUT2D eigenvalue weighted by Crippen LogP contribution is -2.37. The standard InChI is InChI=1S/C13H17N3O3/c1-9-4-5-10(7-12(9)16(18)19)13(17)15-8-11-3-2-6-14-11/h4-5,7,11,14H,2-3,6,8H2,1H3,(H,15,17). The highest BCUT2D eigenvalue weighted by Crippen LogP contribution is 2.19. The van der Waals surface area contributed by atoms with Crippen LogP contribution in [0.1, 0.15) is 28.8 Å². The molecule has 0 aromatic heterocycles. The number of nitrogens with zero attached hydrogens (tertiary/aromatic N) is 1. The maximum Gasteiger partial charge on any atom is 0.273 e. The van der Waals surface area contributed by atoms with Crippen molar-refractivity contribution in [3.8, 4) is 0 Å². The lowest BCUT2D eigenvalue weighted by molar-refractivity contribution is -0.385. The molecule has 102 valence electrons. The van der Waals surface area contributed by atoms with Crippen molar-refractivity contribution < 1.29 is 9.72 Å². The Bertz CT molecular complexity index is 496. The van der Waals surface area contributed by atoms with Crippen LogP contribution in [0.15, 0.2) is 18.2 Å². The highest BCUT2D eigenvalue weighted by Gasteiger charge is 2.17. The average molecular weight is 263 g/mol. The molecule has 2 N–H and O–H groups in total. The van der Waals surface area contributed by atoms with Crippen molar-refractivity contribution in [2.75, 3.05) is 13.1 Å². The van der Waals surface area contributed by atoms with E-state index in [4.69, 9.17) is 0 Å². The van der Waals surface area contributed by atoms with E-state index < -0.39 is 4.92 Å². The molecule has 6 heteroatoms. The van der Waals surface area contributed by atoms with Gasteiger partial charge in [0.15, 0.2) is 0 Å². The molecule has 1 unspecified atom stereocenters. The number of amides is 1. The van der Waals surface area contributed by atoms with E-state index in [-0.39, 0.29) is 11.6 Å². The zero-order chi connectivity index (χ0) is 13.8. The summed E-state index contributed by atoms with van der Waals surface area (Å²) in [6.45, 7) is 3.19. The molecule has 0 bridgehead atoms. The van der Waals surface area contributed by atoms with Gasteiger partial charge in [-0.3, -0.25) is 14.9 Å². The summed E-state index contributed by atoms with van der Waals surface area (Å²) in [5.74, 6) is -0.267. The second-order valence-electron chi connectivity index (χ2n) is 4.76. The number of carbonyl (C=O) groups is 1. The van der Waals surface area contributed by atoms with Crippen LogP contribution in [0.4, 0.5) is 5.69 Å². The topological polar surface area (TPSA) is 84.3 Å². The molecule has 1 saturated heterocycles. The van der Waals surface area contributed by atoms with Crippen molar-refractivity contribution in [3.05, 3.63) is 39.4 Å². The summed E-state index contributed by atoms with van der Waals surface area (Å²) in [5.41, 5.74) is 0.862. The fourth-order valence-electron chi connectivity index (χ4n) is 2.20. The maximum absolute atomic E-state index is 11.9. The van der Waals surface area contributed by atoms with Gasteiger partial charge < -0.3 is 10.6 Å². The summed E-state index contributed by atoms with van der Waals surface area (Å²) < 4.78 is 0. The van der Waals surface area contributed by atoms with E-state index in [0.717, 1.165) is 19.4 Å². The molecule has 1 aromatic rings. The third-order valence-electron chi connectivity index (χ3n) is 3.34. The monoisotopic (exact) mass is 263 g/mol. The lowest BCUT2D eigenvalue weighted by Gasteiger charge is -2.11. The minimum absolute atomic E-state index is 0.0216. The smallest absolute Gasteiger partial charge is 0.273 e. The van der Waals surface area contributed by atoms with Crippen LogP contribution in [0.25, 0.3) is 0 Å². The van der Waals surface area contributed by atoms with Gasteiger partial charge >= 0.3 is 0 Å². The lowest BCUT2D eigenvalue weighted by atomic mass is 10.1. The third kappa shape index (κ3) is 3.29. The third-order valence-corrected chi connectivity index (χ3v) is 3.34. The van der Waals surface area contributed by atoms with Crippen LogP contribution in [0, 0.1) is 17.0 Å². The summed E-state index contributed by atoms with van der Waals surface area (Å²) in [6.07, 6.45) is 2.17. The van der Waals surface area contributed by atoms with Gasteiger partial charge in [0, 0.05) is 29.8 Å². The first-order valence-corrected chi connectivity index (χ1v) is 6.34. The highest BCUT2D eigenvalue weighted by atomic mass is 16.6. The van der Waals surface area contributed by atoms with Gasteiger partial charge in [0.1, 0.15) is 0 Å². The number of nitrogens with one attached hydrogen (secondary N) is 2. The fourth-order valence-corrected chi connectivity index (χ4v) is 2.20. The Morgan fingerprint density at radius 2 is 2.37 bits per heavy atom. The van der Waals surface area contributed by atoms with Crippen molar-refractivity contribution >= 4 is 11.6 Å². The van der Waals surface area contributed by atoms with Crippen molar-refractivity contribution in [1.82, 2.24) is 10.6 Å². The molecule has 1 atom stereocenters. The molecule has 1 heterocycles. The van der Waals surface area contributed by atoms with E-state index in [0.29, 0.717) is 23.7 Å². The van der Waals surface area contributed by atoms with Crippen molar-refractivity contribution in [2.45, 2.75) is 25.8 Å². The zero-order valence-corrected chi connectivity index (χ0v) is 10.8. The molecule has 1 aliphatic heterocycles. The number of hydrogen-bond donors (Lipinski definition) is 2. The van der Waals surface area contributed by atoms with Gasteiger partial charge in [0.05, 0.1) is 4.92 Å². The van der Waals surface area contributed by atoms with Crippen molar-refractivity contribution in [1.29, 1.82) is 0 Å². The Labute approximate surface area is 111 Å². The number of carbonyl (C=O) groups excluding carboxylic acids is 1. The Balaban J connectivity index is 2.02. The summed E-state index contributed by atoms with van der Waals surface area (Å²) >= 11 is 0. The van der Waals surface area contributed by atoms with E-state index in [1.807, 2.05) is 0 Å². The van der Waals surface area contributed by atoms with E-state index in [2.05, 4.69) is 10.6 Å². The molecule has 0 aliphatic carbocycles. The van der Waals surface area contributed by atoms with Crippen LogP contribution in [-0.4, -0.2) is 30.0 Å². The predicted molar refractivity (Wildman–Crippen MR) is 71.2 cm³/mol. The van der Waals surface area contributed by atoms with E-state index in [1.165, 1.54) is 6.07 Å². The van der Waals surface area contributed by atoms with Gasteiger partial charge in [-0.25, -0.2) is 0 Å². The Morgan fingerprint density at radius 3 is 3.00 bits per heavy atom. The number of benzene rings is 1. The minimum Gasteiger partial charge on any atom is -0.350 e. The predicted octanol–water partition coefficient (Wildman–Crippen LogP) is 1.39. The van der Waals surface area contributed by atoms with E-state index >= 15 is 0 Å². The van der Waals surface area contributed by atoms with E-state index in [9.17, 15) is 14.9 Å². The van der Waals surface area contributed by atoms with Crippen molar-refractivity contribution in [3.63, 3.8) is 0 Å². The number of hydrogen-bond acceptors (Lipinski definition) is 4. The number of nitro benzene ring substituents is 1. The summed E-state index contributed by atoms with van der Waals surface area (Å²) in [5, 5.41) is 16.9.